The summed E-state index contributed by atoms with van der Waals surface area (Å²) in [6, 6.07) is 6.54. The molecule has 0 spiro atoms. The smallest absolute Gasteiger partial charge is 0.130 e. The van der Waals surface area contributed by atoms with Gasteiger partial charge in [-0.25, -0.2) is 0 Å². The van der Waals surface area contributed by atoms with Gasteiger partial charge >= 0.3 is 0 Å². The molecule has 4 nitrogen and oxygen atoms in total. The van der Waals surface area contributed by atoms with Gasteiger partial charge in [-0.05, 0) is 42.9 Å². The normalized spacial score (nSPS) is 26.6. The van der Waals surface area contributed by atoms with Crippen LogP contribution in [0.5, 0.6) is 5.75 Å². The maximum Gasteiger partial charge on any atom is 0.130 e. The molecular formula is C17H27N3O. The molecule has 0 aromatic heterocycles. The molecule has 1 saturated heterocycles. The minimum absolute atomic E-state index is 0.0481. The highest BCUT2D eigenvalue weighted by atomic mass is 16.5. The maximum atomic E-state index is 7.58. The topological polar surface area (TPSA) is 62.3 Å². The van der Waals surface area contributed by atoms with Gasteiger partial charge in [-0.15, -0.1) is 0 Å². The second-order valence-electron chi connectivity index (χ2n) is 6.44. The highest BCUT2D eigenvalue weighted by Crippen LogP contribution is 2.29. The van der Waals surface area contributed by atoms with Gasteiger partial charge in [-0.1, -0.05) is 19.9 Å². The lowest BCUT2D eigenvalue weighted by Gasteiger charge is -2.41. The number of ether oxygens (including phenoxy) is 1. The second kappa shape index (κ2) is 6.48. The lowest BCUT2D eigenvalue weighted by Crippen LogP contribution is -2.45. The van der Waals surface area contributed by atoms with Crippen LogP contribution < -0.4 is 10.5 Å². The van der Waals surface area contributed by atoms with Gasteiger partial charge in [0.25, 0.3) is 0 Å². The molecule has 3 unspecified atom stereocenters. The van der Waals surface area contributed by atoms with Crippen LogP contribution >= 0.6 is 0 Å². The number of nitrogens with one attached hydrogen (secondary N) is 1. The van der Waals surface area contributed by atoms with Crippen molar-refractivity contribution in [1.82, 2.24) is 4.90 Å². The van der Waals surface area contributed by atoms with Gasteiger partial charge in [0.05, 0.1) is 12.7 Å². The summed E-state index contributed by atoms with van der Waals surface area (Å²) in [5, 5.41) is 7.58. The van der Waals surface area contributed by atoms with Crippen molar-refractivity contribution in [2.45, 2.75) is 39.8 Å². The van der Waals surface area contributed by atoms with Crippen molar-refractivity contribution in [1.29, 1.82) is 5.41 Å². The van der Waals surface area contributed by atoms with Crippen LogP contribution in [0.25, 0.3) is 0 Å². The molecule has 1 aromatic rings. The number of nitrogens with zero attached hydrogens (tertiary/aromatic N) is 1. The zero-order valence-corrected chi connectivity index (χ0v) is 13.5. The number of piperidine rings is 1. The number of likely N-dealkylation sites (tertiary alicyclic amines) is 1. The summed E-state index contributed by atoms with van der Waals surface area (Å²) >= 11 is 0. The van der Waals surface area contributed by atoms with Gasteiger partial charge in [0.15, 0.2) is 0 Å². The Morgan fingerprint density at radius 1 is 1.38 bits per heavy atom. The van der Waals surface area contributed by atoms with Gasteiger partial charge in [-0.2, -0.15) is 0 Å². The molecule has 0 saturated carbocycles. The predicted octanol–water partition coefficient (Wildman–Crippen LogP) is 2.85. The first-order chi connectivity index (χ1) is 9.92. The van der Waals surface area contributed by atoms with E-state index in [2.05, 4.69) is 31.7 Å². The Bertz CT molecular complexity index is 515. The van der Waals surface area contributed by atoms with Crippen molar-refractivity contribution in [3.8, 4) is 5.75 Å². The highest BCUT2D eigenvalue weighted by molar-refractivity contribution is 5.97. The van der Waals surface area contributed by atoms with Crippen LogP contribution in [0.2, 0.25) is 0 Å². The number of benzene rings is 1. The minimum Gasteiger partial charge on any atom is -0.496 e. The van der Waals surface area contributed by atoms with Gasteiger partial charge in [0.2, 0.25) is 0 Å². The van der Waals surface area contributed by atoms with Crippen LogP contribution in [0.15, 0.2) is 18.2 Å². The molecule has 0 radical (unpaired) electrons. The van der Waals surface area contributed by atoms with Crippen molar-refractivity contribution in [3.05, 3.63) is 29.3 Å². The Balaban J connectivity index is 2.17. The van der Waals surface area contributed by atoms with E-state index < -0.39 is 0 Å². The number of rotatable bonds is 4. The first-order valence-electron chi connectivity index (χ1n) is 7.67. The predicted molar refractivity (Wildman–Crippen MR) is 86.8 cm³/mol. The van der Waals surface area contributed by atoms with Crippen molar-refractivity contribution in [2.24, 2.45) is 17.6 Å². The van der Waals surface area contributed by atoms with Crippen LogP contribution in [0.1, 0.15) is 38.3 Å². The van der Waals surface area contributed by atoms with Gasteiger partial charge < -0.3 is 10.5 Å². The van der Waals surface area contributed by atoms with Crippen LogP contribution in [0, 0.1) is 17.2 Å². The Hall–Kier alpha value is -1.55. The number of nitrogen functional groups attached to an aromatic ring is 1. The third kappa shape index (κ3) is 3.56. The molecule has 1 fully saturated rings. The molecule has 3 atom stereocenters. The standard InChI is InChI=1S/C17H27N3O/c1-11-7-12(2)13(3)20(9-11)10-14-5-6-15(17(18)19)16(8-14)21-4/h5-6,8,11-13H,7,9-10H2,1-4H3,(H3,18,19). The SMILES string of the molecule is COc1cc(CN2CC(C)CC(C)C2C)ccc1C(=N)N. The summed E-state index contributed by atoms with van der Waals surface area (Å²) in [5.74, 6) is 2.21. The van der Waals surface area contributed by atoms with Crippen molar-refractivity contribution < 1.29 is 4.74 Å². The fourth-order valence-electron chi connectivity index (χ4n) is 3.33. The summed E-state index contributed by atoms with van der Waals surface area (Å²) < 4.78 is 5.37. The largest absolute Gasteiger partial charge is 0.496 e. The lowest BCUT2D eigenvalue weighted by molar-refractivity contribution is 0.0729. The number of methoxy groups -OCH3 is 1. The van der Waals surface area contributed by atoms with E-state index in [0.717, 1.165) is 24.9 Å². The first kappa shape index (κ1) is 15.8. The molecule has 0 aliphatic carbocycles. The van der Waals surface area contributed by atoms with E-state index in [1.165, 1.54) is 12.0 Å². The molecule has 0 bridgehead atoms. The number of hydrogen-bond donors (Lipinski definition) is 2. The summed E-state index contributed by atoms with van der Waals surface area (Å²) in [6.07, 6.45) is 1.31. The molecular weight excluding hydrogens is 262 g/mol. The Labute approximate surface area is 127 Å². The van der Waals surface area contributed by atoms with E-state index in [1.54, 1.807) is 7.11 Å². The average molecular weight is 289 g/mol. The fraction of sp³-hybridized carbons (Fsp3) is 0.588. The molecule has 1 aromatic carbocycles. The van der Waals surface area contributed by atoms with Crippen LogP contribution in [-0.2, 0) is 6.54 Å². The maximum absolute atomic E-state index is 7.58. The molecule has 0 amide bonds. The molecule has 1 aliphatic heterocycles. The summed E-state index contributed by atoms with van der Waals surface area (Å²) in [5.41, 5.74) is 7.45. The molecule has 21 heavy (non-hydrogen) atoms. The van der Waals surface area contributed by atoms with Crippen LogP contribution in [0.4, 0.5) is 0 Å². The summed E-state index contributed by atoms with van der Waals surface area (Å²) in [7, 11) is 1.62. The lowest BCUT2D eigenvalue weighted by atomic mass is 9.86. The van der Waals surface area contributed by atoms with E-state index in [1.807, 2.05) is 12.1 Å². The monoisotopic (exact) mass is 289 g/mol. The van der Waals surface area contributed by atoms with Gasteiger partial charge in [0.1, 0.15) is 11.6 Å². The molecule has 3 N–H and O–H groups in total. The minimum atomic E-state index is 0.0481. The van der Waals surface area contributed by atoms with Gasteiger partial charge in [-0.3, -0.25) is 10.3 Å². The number of hydrogen-bond acceptors (Lipinski definition) is 3. The molecule has 1 heterocycles. The molecule has 4 heteroatoms. The summed E-state index contributed by atoms with van der Waals surface area (Å²) in [4.78, 5) is 2.54. The summed E-state index contributed by atoms with van der Waals surface area (Å²) in [6.45, 7) is 9.05. The van der Waals surface area contributed by atoms with E-state index >= 15 is 0 Å². The second-order valence-corrected chi connectivity index (χ2v) is 6.44. The fourth-order valence-corrected chi connectivity index (χ4v) is 3.33. The van der Waals surface area contributed by atoms with E-state index in [4.69, 9.17) is 15.9 Å². The van der Waals surface area contributed by atoms with Crippen molar-refractivity contribution in [2.75, 3.05) is 13.7 Å². The van der Waals surface area contributed by atoms with Gasteiger partial charge in [0, 0.05) is 19.1 Å². The number of amidine groups is 1. The Morgan fingerprint density at radius 2 is 2.10 bits per heavy atom. The molecule has 2 rings (SSSR count). The van der Waals surface area contributed by atoms with E-state index in [0.29, 0.717) is 17.4 Å². The Kier molecular flexibility index (Phi) is 4.88. The Morgan fingerprint density at radius 3 is 2.71 bits per heavy atom. The average Bonchev–Trinajstić information content (AvgIpc) is 2.43. The van der Waals surface area contributed by atoms with Crippen LogP contribution in [-0.4, -0.2) is 30.4 Å². The van der Waals surface area contributed by atoms with Crippen molar-refractivity contribution in [3.63, 3.8) is 0 Å². The zero-order valence-electron chi connectivity index (χ0n) is 13.5. The number of nitrogens with two attached hydrogens (primary N) is 1. The van der Waals surface area contributed by atoms with E-state index in [-0.39, 0.29) is 5.84 Å². The zero-order chi connectivity index (χ0) is 15.6. The van der Waals surface area contributed by atoms with E-state index in [9.17, 15) is 0 Å². The van der Waals surface area contributed by atoms with Crippen LogP contribution in [0.3, 0.4) is 0 Å². The quantitative estimate of drug-likeness (QED) is 0.662. The first-order valence-corrected chi connectivity index (χ1v) is 7.67. The molecule has 116 valence electrons. The highest BCUT2D eigenvalue weighted by Gasteiger charge is 2.28. The molecule has 1 aliphatic rings. The third-order valence-electron chi connectivity index (χ3n) is 4.66. The van der Waals surface area contributed by atoms with Crippen molar-refractivity contribution >= 4 is 5.84 Å². The third-order valence-corrected chi connectivity index (χ3v) is 4.66.